The van der Waals surface area contributed by atoms with Gasteiger partial charge in [0.1, 0.15) is 11.6 Å². The summed E-state index contributed by atoms with van der Waals surface area (Å²) in [6, 6.07) is 7.93. The van der Waals surface area contributed by atoms with Crippen LogP contribution in [0.2, 0.25) is 0 Å². The number of hydrogen-bond donors (Lipinski definition) is 1. The van der Waals surface area contributed by atoms with Crippen LogP contribution in [-0.2, 0) is 12.8 Å². The molecule has 0 saturated heterocycles. The molecular weight excluding hydrogens is 262 g/mol. The summed E-state index contributed by atoms with van der Waals surface area (Å²) in [5.41, 5.74) is 3.50. The molecule has 4 nitrogen and oxygen atoms in total. The van der Waals surface area contributed by atoms with Crippen molar-refractivity contribution in [2.24, 2.45) is 0 Å². The summed E-state index contributed by atoms with van der Waals surface area (Å²) in [6.07, 6.45) is 4.40. The van der Waals surface area contributed by atoms with Gasteiger partial charge in [-0.25, -0.2) is 9.97 Å². The van der Waals surface area contributed by atoms with E-state index in [9.17, 15) is 0 Å². The molecule has 2 aromatic rings. The fourth-order valence-electron chi connectivity index (χ4n) is 2.71. The Morgan fingerprint density at radius 3 is 2.95 bits per heavy atom. The minimum Gasteiger partial charge on any atom is -0.497 e. The van der Waals surface area contributed by atoms with Gasteiger partial charge < -0.3 is 10.1 Å². The van der Waals surface area contributed by atoms with E-state index < -0.39 is 0 Å². The van der Waals surface area contributed by atoms with E-state index in [1.165, 1.54) is 17.7 Å². The van der Waals surface area contributed by atoms with Crippen LogP contribution in [0.3, 0.4) is 0 Å². The first-order valence-corrected chi connectivity index (χ1v) is 7.60. The average Bonchev–Trinajstić information content (AvgIpc) is 3.01. The molecule has 0 radical (unpaired) electrons. The van der Waals surface area contributed by atoms with Gasteiger partial charge in [-0.3, -0.25) is 0 Å². The fourth-order valence-corrected chi connectivity index (χ4v) is 2.71. The Balaban J connectivity index is 2.02. The Hall–Kier alpha value is -2.10. The van der Waals surface area contributed by atoms with Crippen LogP contribution in [-0.4, -0.2) is 23.6 Å². The van der Waals surface area contributed by atoms with Crippen molar-refractivity contribution in [2.75, 3.05) is 19.0 Å². The van der Waals surface area contributed by atoms with Crippen LogP contribution in [0.4, 0.5) is 5.82 Å². The third-order valence-corrected chi connectivity index (χ3v) is 3.80. The molecule has 1 aromatic heterocycles. The predicted molar refractivity (Wildman–Crippen MR) is 84.8 cm³/mol. The first-order valence-electron chi connectivity index (χ1n) is 7.60. The largest absolute Gasteiger partial charge is 0.497 e. The SMILES string of the molecule is CCCNc1nc(-c2cccc(OC)c2)nc2c1CCC2. The molecule has 0 amide bonds. The van der Waals surface area contributed by atoms with Crippen molar-refractivity contribution in [3.05, 3.63) is 35.5 Å². The zero-order valence-electron chi connectivity index (χ0n) is 12.6. The number of nitrogens with zero attached hydrogens (tertiary/aromatic N) is 2. The van der Waals surface area contributed by atoms with E-state index in [0.717, 1.165) is 48.8 Å². The van der Waals surface area contributed by atoms with Crippen LogP contribution < -0.4 is 10.1 Å². The molecule has 4 heteroatoms. The van der Waals surface area contributed by atoms with Gasteiger partial charge in [0.15, 0.2) is 5.82 Å². The molecule has 1 aliphatic rings. The van der Waals surface area contributed by atoms with Crippen molar-refractivity contribution in [3.63, 3.8) is 0 Å². The third-order valence-electron chi connectivity index (χ3n) is 3.80. The molecule has 0 unspecified atom stereocenters. The Bertz CT molecular complexity index is 640. The summed E-state index contributed by atoms with van der Waals surface area (Å²) in [6.45, 7) is 3.11. The number of aryl methyl sites for hydroxylation is 1. The molecule has 1 N–H and O–H groups in total. The molecule has 1 aromatic carbocycles. The number of anilines is 1. The van der Waals surface area contributed by atoms with Crippen LogP contribution >= 0.6 is 0 Å². The summed E-state index contributed by atoms with van der Waals surface area (Å²) in [4.78, 5) is 9.51. The predicted octanol–water partition coefficient (Wildman–Crippen LogP) is 3.46. The lowest BCUT2D eigenvalue weighted by molar-refractivity contribution is 0.415. The number of rotatable bonds is 5. The molecule has 1 aliphatic carbocycles. The first-order chi connectivity index (χ1) is 10.3. The van der Waals surface area contributed by atoms with Crippen LogP contribution in [0.1, 0.15) is 31.0 Å². The van der Waals surface area contributed by atoms with Gasteiger partial charge in [0.05, 0.1) is 7.11 Å². The molecule has 110 valence electrons. The van der Waals surface area contributed by atoms with Gasteiger partial charge >= 0.3 is 0 Å². The Kier molecular flexibility index (Phi) is 4.04. The first kappa shape index (κ1) is 13.9. The minimum absolute atomic E-state index is 0.785. The van der Waals surface area contributed by atoms with Gasteiger partial charge in [-0.1, -0.05) is 19.1 Å². The van der Waals surface area contributed by atoms with Crippen LogP contribution in [0, 0.1) is 0 Å². The summed E-state index contributed by atoms with van der Waals surface area (Å²) in [5.74, 6) is 2.63. The molecule has 0 fully saturated rings. The van der Waals surface area contributed by atoms with Crippen LogP contribution in [0.25, 0.3) is 11.4 Å². The second-order valence-electron chi connectivity index (χ2n) is 5.33. The van der Waals surface area contributed by atoms with E-state index in [1.807, 2.05) is 24.3 Å². The van der Waals surface area contributed by atoms with Crippen molar-refractivity contribution < 1.29 is 4.74 Å². The number of nitrogens with one attached hydrogen (secondary N) is 1. The summed E-state index contributed by atoms with van der Waals surface area (Å²) in [7, 11) is 1.68. The van der Waals surface area contributed by atoms with Crippen molar-refractivity contribution >= 4 is 5.82 Å². The quantitative estimate of drug-likeness (QED) is 0.913. The monoisotopic (exact) mass is 283 g/mol. The van der Waals surface area contributed by atoms with Gasteiger partial charge in [0.25, 0.3) is 0 Å². The zero-order chi connectivity index (χ0) is 14.7. The highest BCUT2D eigenvalue weighted by molar-refractivity contribution is 5.62. The van der Waals surface area contributed by atoms with Crippen LogP contribution in [0.15, 0.2) is 24.3 Å². The van der Waals surface area contributed by atoms with E-state index in [-0.39, 0.29) is 0 Å². The Labute approximate surface area is 125 Å². The molecule has 3 rings (SSSR count). The zero-order valence-corrected chi connectivity index (χ0v) is 12.6. The van der Waals surface area contributed by atoms with E-state index >= 15 is 0 Å². The summed E-state index contributed by atoms with van der Waals surface area (Å²) < 4.78 is 5.29. The maximum absolute atomic E-state index is 5.29. The number of benzene rings is 1. The maximum Gasteiger partial charge on any atom is 0.161 e. The highest BCUT2D eigenvalue weighted by atomic mass is 16.5. The summed E-state index contributed by atoms with van der Waals surface area (Å²) in [5, 5.41) is 3.45. The Morgan fingerprint density at radius 2 is 2.14 bits per heavy atom. The van der Waals surface area contributed by atoms with Crippen molar-refractivity contribution in [1.82, 2.24) is 9.97 Å². The maximum atomic E-state index is 5.29. The third kappa shape index (κ3) is 2.84. The van der Waals surface area contributed by atoms with E-state index in [0.29, 0.717) is 0 Å². The standard InChI is InChI=1S/C17H21N3O/c1-3-10-18-17-14-8-5-9-15(14)19-16(20-17)12-6-4-7-13(11-12)21-2/h4,6-7,11H,3,5,8-10H2,1-2H3,(H,18,19,20). The van der Waals surface area contributed by atoms with Crippen LogP contribution in [0.5, 0.6) is 5.75 Å². The molecule has 1 heterocycles. The number of aromatic nitrogens is 2. The molecule has 0 atom stereocenters. The number of methoxy groups -OCH3 is 1. The fraction of sp³-hybridized carbons (Fsp3) is 0.412. The lowest BCUT2D eigenvalue weighted by Crippen LogP contribution is -2.08. The highest BCUT2D eigenvalue weighted by Crippen LogP contribution is 2.30. The smallest absolute Gasteiger partial charge is 0.161 e. The van der Waals surface area contributed by atoms with E-state index in [2.05, 4.69) is 12.2 Å². The lowest BCUT2D eigenvalue weighted by atomic mass is 10.1. The molecule has 0 bridgehead atoms. The average molecular weight is 283 g/mol. The van der Waals surface area contributed by atoms with Gasteiger partial charge in [0, 0.05) is 23.4 Å². The molecule has 0 aliphatic heterocycles. The highest BCUT2D eigenvalue weighted by Gasteiger charge is 2.19. The van der Waals surface area contributed by atoms with Crippen molar-refractivity contribution in [1.29, 1.82) is 0 Å². The number of ether oxygens (including phenoxy) is 1. The second kappa shape index (κ2) is 6.12. The van der Waals surface area contributed by atoms with Gasteiger partial charge in [-0.15, -0.1) is 0 Å². The van der Waals surface area contributed by atoms with Gasteiger partial charge in [0.2, 0.25) is 0 Å². The van der Waals surface area contributed by atoms with Crippen molar-refractivity contribution in [2.45, 2.75) is 32.6 Å². The molecule has 0 saturated carbocycles. The molecule has 21 heavy (non-hydrogen) atoms. The van der Waals surface area contributed by atoms with Gasteiger partial charge in [-0.2, -0.15) is 0 Å². The summed E-state index contributed by atoms with van der Waals surface area (Å²) >= 11 is 0. The van der Waals surface area contributed by atoms with Gasteiger partial charge in [-0.05, 0) is 37.8 Å². The van der Waals surface area contributed by atoms with Crippen molar-refractivity contribution in [3.8, 4) is 17.1 Å². The number of hydrogen-bond acceptors (Lipinski definition) is 4. The minimum atomic E-state index is 0.785. The normalized spacial score (nSPS) is 13.0. The second-order valence-corrected chi connectivity index (χ2v) is 5.33. The van der Waals surface area contributed by atoms with E-state index in [1.54, 1.807) is 7.11 Å². The topological polar surface area (TPSA) is 47.0 Å². The molecule has 0 spiro atoms. The Morgan fingerprint density at radius 1 is 1.24 bits per heavy atom. The number of fused-ring (bicyclic) bond motifs is 1. The van der Waals surface area contributed by atoms with E-state index in [4.69, 9.17) is 14.7 Å². The molecular formula is C17H21N3O. The lowest BCUT2D eigenvalue weighted by Gasteiger charge is -2.12.